The summed E-state index contributed by atoms with van der Waals surface area (Å²) in [6.07, 6.45) is 2.18. The van der Waals surface area contributed by atoms with Crippen LogP contribution in [0.1, 0.15) is 13.3 Å². The number of rotatable bonds is 2. The highest BCUT2D eigenvalue weighted by atomic mass is 19.2. The summed E-state index contributed by atoms with van der Waals surface area (Å²) in [7, 11) is 0. The number of halogens is 3. The van der Waals surface area contributed by atoms with Crippen LogP contribution in [0.25, 0.3) is 11.1 Å². The zero-order valence-corrected chi connectivity index (χ0v) is 13.0. The van der Waals surface area contributed by atoms with Crippen molar-refractivity contribution in [2.75, 3.05) is 36.1 Å². The van der Waals surface area contributed by atoms with Gasteiger partial charge in [-0.3, -0.25) is 5.01 Å². The molecule has 1 N–H and O–H groups in total. The average molecular weight is 339 g/mol. The summed E-state index contributed by atoms with van der Waals surface area (Å²) in [6, 6.07) is 0.227. The molecule has 0 amide bonds. The van der Waals surface area contributed by atoms with Gasteiger partial charge in [-0.2, -0.15) is 10.1 Å². The largest absolute Gasteiger partial charge is 0.421 e. The van der Waals surface area contributed by atoms with E-state index in [1.54, 1.807) is 6.21 Å². The van der Waals surface area contributed by atoms with Crippen LogP contribution < -0.4 is 15.2 Å². The predicted octanol–water partition coefficient (Wildman–Crippen LogP) is 2.24. The number of nitrogens with zero attached hydrogens (tertiary/aromatic N) is 4. The molecule has 2 aliphatic rings. The fourth-order valence-corrected chi connectivity index (χ4v) is 3.06. The van der Waals surface area contributed by atoms with Gasteiger partial charge >= 0.3 is 0 Å². The molecule has 1 aromatic carbocycles. The second-order valence-corrected chi connectivity index (χ2v) is 5.92. The Hall–Kier alpha value is -2.29. The van der Waals surface area contributed by atoms with E-state index in [-0.39, 0.29) is 28.8 Å². The molecule has 0 bridgehead atoms. The zero-order valence-electron chi connectivity index (χ0n) is 13.0. The summed E-state index contributed by atoms with van der Waals surface area (Å²) in [5, 5.41) is 8.49. The molecule has 0 radical (unpaired) electrons. The highest BCUT2D eigenvalue weighted by Gasteiger charge is 2.31. The van der Waals surface area contributed by atoms with E-state index >= 15 is 0 Å². The third-order valence-corrected chi connectivity index (χ3v) is 4.33. The third-order valence-electron chi connectivity index (χ3n) is 4.33. The molecular formula is C15H16F3N5O. The van der Waals surface area contributed by atoms with Gasteiger partial charge < -0.3 is 14.6 Å². The van der Waals surface area contributed by atoms with E-state index in [0.717, 1.165) is 6.54 Å². The monoisotopic (exact) mass is 339 g/mol. The van der Waals surface area contributed by atoms with Crippen molar-refractivity contribution in [1.29, 1.82) is 0 Å². The maximum atomic E-state index is 14.3. The Bertz CT molecular complexity index is 821. The molecule has 2 aliphatic heterocycles. The Labute approximate surface area is 135 Å². The predicted molar refractivity (Wildman–Crippen MR) is 84.0 cm³/mol. The first-order chi connectivity index (χ1) is 11.6. The lowest BCUT2D eigenvalue weighted by atomic mass is 10.2. The minimum absolute atomic E-state index is 0.0674. The maximum absolute atomic E-state index is 14.3. The average Bonchev–Trinajstić information content (AvgIpc) is 3.24. The van der Waals surface area contributed by atoms with Crippen LogP contribution in [0.3, 0.4) is 0 Å². The van der Waals surface area contributed by atoms with Gasteiger partial charge in [0.1, 0.15) is 5.69 Å². The molecule has 4 rings (SSSR count). The molecule has 9 heteroatoms. The Kier molecular flexibility index (Phi) is 3.60. The molecule has 128 valence electrons. The summed E-state index contributed by atoms with van der Waals surface area (Å²) in [4.78, 5) is 5.94. The maximum Gasteiger partial charge on any atom is 0.298 e. The molecule has 3 heterocycles. The topological polar surface area (TPSA) is 56.9 Å². The van der Waals surface area contributed by atoms with Crippen LogP contribution in [0.5, 0.6) is 0 Å². The fraction of sp³-hybridized carbons (Fsp3) is 0.467. The zero-order chi connectivity index (χ0) is 16.8. The molecule has 1 atom stereocenters. The summed E-state index contributed by atoms with van der Waals surface area (Å²) < 4.78 is 48.1. The molecule has 6 nitrogen and oxygen atoms in total. The van der Waals surface area contributed by atoms with Crippen LogP contribution >= 0.6 is 0 Å². The quantitative estimate of drug-likeness (QED) is 0.851. The summed E-state index contributed by atoms with van der Waals surface area (Å²) in [6.45, 7) is 4.38. The van der Waals surface area contributed by atoms with Crippen molar-refractivity contribution in [3.63, 3.8) is 0 Å². The molecule has 2 aromatic rings. The first kappa shape index (κ1) is 15.3. The van der Waals surface area contributed by atoms with Crippen LogP contribution in [0, 0.1) is 17.5 Å². The van der Waals surface area contributed by atoms with Gasteiger partial charge in [0.05, 0.1) is 0 Å². The van der Waals surface area contributed by atoms with Crippen molar-refractivity contribution in [3.8, 4) is 0 Å². The molecule has 0 saturated carbocycles. The Morgan fingerprint density at radius 3 is 2.75 bits per heavy atom. The summed E-state index contributed by atoms with van der Waals surface area (Å²) in [5.74, 6) is -4.21. The number of fused-ring (bicyclic) bond motifs is 1. The molecule has 1 saturated heterocycles. The molecule has 0 aliphatic carbocycles. The minimum atomic E-state index is -1.56. The van der Waals surface area contributed by atoms with Crippen LogP contribution in [0.15, 0.2) is 9.52 Å². The van der Waals surface area contributed by atoms with Crippen LogP contribution in [0.2, 0.25) is 0 Å². The summed E-state index contributed by atoms with van der Waals surface area (Å²) >= 11 is 0. The van der Waals surface area contributed by atoms with Crippen molar-refractivity contribution in [3.05, 3.63) is 17.5 Å². The van der Waals surface area contributed by atoms with E-state index in [0.29, 0.717) is 26.1 Å². The van der Waals surface area contributed by atoms with E-state index in [9.17, 15) is 13.2 Å². The van der Waals surface area contributed by atoms with Crippen molar-refractivity contribution in [2.24, 2.45) is 5.10 Å². The standard InChI is InChI=1S/C15H16F3N5O/c1-8-7-19-4-6-22(8)15-21-12-10(17)9(16)11(18)13(14(12)24-15)23-5-2-3-20-23/h3,8,19H,2,4-7H2,1H3/t8-/m0/s1. The third kappa shape index (κ3) is 2.22. The molecule has 0 unspecified atom stereocenters. The lowest BCUT2D eigenvalue weighted by Gasteiger charge is -2.32. The summed E-state index contributed by atoms with van der Waals surface area (Å²) in [5.41, 5.74) is -0.642. The highest BCUT2D eigenvalue weighted by Crippen LogP contribution is 2.38. The Balaban J connectivity index is 1.90. The Morgan fingerprint density at radius 2 is 2.04 bits per heavy atom. The number of piperazine rings is 1. The van der Waals surface area contributed by atoms with Crippen molar-refractivity contribution in [1.82, 2.24) is 10.3 Å². The van der Waals surface area contributed by atoms with Gasteiger partial charge in [0.25, 0.3) is 6.01 Å². The number of nitrogens with one attached hydrogen (secondary N) is 1. The van der Waals surface area contributed by atoms with Crippen molar-refractivity contribution < 1.29 is 17.6 Å². The lowest BCUT2D eigenvalue weighted by molar-refractivity contribution is 0.447. The molecule has 1 aromatic heterocycles. The fourth-order valence-electron chi connectivity index (χ4n) is 3.06. The minimum Gasteiger partial charge on any atom is -0.421 e. The van der Waals surface area contributed by atoms with Crippen LogP contribution in [-0.2, 0) is 0 Å². The SMILES string of the molecule is C[C@H]1CNCCN1c1nc2c(F)c(F)c(F)c(N3CCC=N3)c2o1. The van der Waals surface area contributed by atoms with E-state index in [1.165, 1.54) is 5.01 Å². The van der Waals surface area contributed by atoms with E-state index < -0.39 is 17.5 Å². The number of hydrogen-bond donors (Lipinski definition) is 1. The second kappa shape index (κ2) is 5.66. The van der Waals surface area contributed by atoms with Crippen molar-refractivity contribution >= 4 is 29.0 Å². The number of anilines is 2. The van der Waals surface area contributed by atoms with E-state index in [4.69, 9.17) is 4.42 Å². The number of aromatic nitrogens is 1. The van der Waals surface area contributed by atoms with Gasteiger partial charge in [-0.1, -0.05) is 0 Å². The molecule has 1 fully saturated rings. The smallest absolute Gasteiger partial charge is 0.298 e. The number of oxazole rings is 1. The highest BCUT2D eigenvalue weighted by molar-refractivity contribution is 5.90. The van der Waals surface area contributed by atoms with Crippen LogP contribution in [0.4, 0.5) is 24.9 Å². The van der Waals surface area contributed by atoms with Gasteiger partial charge in [0, 0.05) is 44.9 Å². The molecule has 0 spiro atoms. The van der Waals surface area contributed by atoms with E-state index in [1.807, 2.05) is 11.8 Å². The van der Waals surface area contributed by atoms with Gasteiger partial charge in [-0.15, -0.1) is 0 Å². The number of benzene rings is 1. The second-order valence-electron chi connectivity index (χ2n) is 5.92. The lowest BCUT2D eigenvalue weighted by Crippen LogP contribution is -2.50. The van der Waals surface area contributed by atoms with Crippen LogP contribution in [-0.4, -0.2) is 43.4 Å². The molecular weight excluding hydrogens is 323 g/mol. The van der Waals surface area contributed by atoms with Gasteiger partial charge in [0.15, 0.2) is 28.6 Å². The van der Waals surface area contributed by atoms with Gasteiger partial charge in [-0.05, 0) is 6.92 Å². The Morgan fingerprint density at radius 1 is 1.21 bits per heavy atom. The first-order valence-corrected chi connectivity index (χ1v) is 7.82. The number of hydrogen-bond acceptors (Lipinski definition) is 6. The van der Waals surface area contributed by atoms with Gasteiger partial charge in [0.2, 0.25) is 0 Å². The van der Waals surface area contributed by atoms with Gasteiger partial charge in [-0.25, -0.2) is 13.2 Å². The number of hydrazone groups is 1. The first-order valence-electron chi connectivity index (χ1n) is 7.82. The van der Waals surface area contributed by atoms with Crippen molar-refractivity contribution in [2.45, 2.75) is 19.4 Å². The van der Waals surface area contributed by atoms with E-state index in [2.05, 4.69) is 15.4 Å². The normalized spacial score (nSPS) is 21.2. The molecule has 24 heavy (non-hydrogen) atoms.